The summed E-state index contributed by atoms with van der Waals surface area (Å²) in [6.07, 6.45) is 3.98. The van der Waals surface area contributed by atoms with Crippen molar-refractivity contribution in [2.24, 2.45) is 7.05 Å². The second-order valence-electron chi connectivity index (χ2n) is 6.43. The van der Waals surface area contributed by atoms with Gasteiger partial charge in [-0.2, -0.15) is 0 Å². The number of pyridine rings is 1. The van der Waals surface area contributed by atoms with Crippen LogP contribution in [0.2, 0.25) is 5.02 Å². The van der Waals surface area contributed by atoms with Crippen molar-refractivity contribution in [2.45, 2.75) is 19.4 Å². The third-order valence-electron chi connectivity index (χ3n) is 4.52. The molecule has 0 aliphatic carbocycles. The number of amides is 1. The van der Waals surface area contributed by atoms with Gasteiger partial charge < -0.3 is 14.2 Å². The molecule has 6 heteroatoms. The van der Waals surface area contributed by atoms with Crippen LogP contribution in [-0.4, -0.2) is 34.6 Å². The second-order valence-corrected chi connectivity index (χ2v) is 6.86. The van der Waals surface area contributed by atoms with E-state index >= 15 is 0 Å². The van der Waals surface area contributed by atoms with E-state index in [4.69, 9.17) is 16.3 Å². The van der Waals surface area contributed by atoms with Crippen LogP contribution in [0.5, 0.6) is 5.75 Å². The van der Waals surface area contributed by atoms with Crippen molar-refractivity contribution in [3.05, 3.63) is 69.1 Å². The number of ether oxygens (including phenoxy) is 1. The average Bonchev–Trinajstić information content (AvgIpc) is 3.07. The van der Waals surface area contributed by atoms with Gasteiger partial charge in [-0.25, -0.2) is 0 Å². The van der Waals surface area contributed by atoms with Gasteiger partial charge in [0.15, 0.2) is 0 Å². The summed E-state index contributed by atoms with van der Waals surface area (Å²) in [5.41, 5.74) is 1.66. The molecule has 0 radical (unpaired) electrons. The number of carbonyl (C=O) groups excluding carboxylic acids is 1. The van der Waals surface area contributed by atoms with Gasteiger partial charge in [0.05, 0.1) is 6.54 Å². The smallest absolute Gasteiger partial charge is 0.254 e. The summed E-state index contributed by atoms with van der Waals surface area (Å²) in [6.45, 7) is 3.01. The molecule has 1 unspecified atom stereocenters. The Hall–Kier alpha value is -2.53. The van der Waals surface area contributed by atoms with Crippen LogP contribution in [0.3, 0.4) is 0 Å². The standard InChI is InChI=1S/C20H21ClN2O3/c1-14-11-18(12-20(25)22(14)2)26-17-9-10-23(13-17)19(24)8-5-15-3-6-16(21)7-4-15/h3-8,11-12,17H,9-10,13H2,1-2H3/b8-5+. The second kappa shape index (κ2) is 7.79. The molecule has 136 valence electrons. The average molecular weight is 373 g/mol. The number of aryl methyl sites for hydroxylation is 1. The summed E-state index contributed by atoms with van der Waals surface area (Å²) in [7, 11) is 1.73. The van der Waals surface area contributed by atoms with Gasteiger partial charge in [0.25, 0.3) is 5.56 Å². The summed E-state index contributed by atoms with van der Waals surface area (Å²) < 4.78 is 7.47. The molecule has 1 aromatic heterocycles. The van der Waals surface area contributed by atoms with Gasteiger partial charge in [-0.1, -0.05) is 23.7 Å². The lowest BCUT2D eigenvalue weighted by molar-refractivity contribution is -0.125. The van der Waals surface area contributed by atoms with E-state index in [0.29, 0.717) is 23.9 Å². The molecule has 0 spiro atoms. The quantitative estimate of drug-likeness (QED) is 0.775. The minimum Gasteiger partial charge on any atom is -0.488 e. The zero-order valence-corrected chi connectivity index (χ0v) is 15.6. The topological polar surface area (TPSA) is 51.5 Å². The molecule has 2 aromatic rings. The predicted molar refractivity (Wildman–Crippen MR) is 103 cm³/mol. The Labute approximate surface area is 157 Å². The summed E-state index contributed by atoms with van der Waals surface area (Å²) in [5.74, 6) is 0.507. The number of carbonyl (C=O) groups is 1. The highest BCUT2D eigenvalue weighted by atomic mass is 35.5. The van der Waals surface area contributed by atoms with E-state index in [1.54, 1.807) is 40.8 Å². The molecule has 26 heavy (non-hydrogen) atoms. The number of nitrogens with zero attached hydrogens (tertiary/aromatic N) is 2. The Morgan fingerprint density at radius 3 is 2.69 bits per heavy atom. The molecule has 1 aromatic carbocycles. The van der Waals surface area contributed by atoms with Crippen molar-refractivity contribution in [2.75, 3.05) is 13.1 Å². The number of halogens is 1. The van der Waals surface area contributed by atoms with Gasteiger partial charge in [-0.05, 0) is 36.8 Å². The van der Waals surface area contributed by atoms with Gasteiger partial charge in [-0.3, -0.25) is 9.59 Å². The summed E-state index contributed by atoms with van der Waals surface area (Å²) in [5, 5.41) is 0.666. The van der Waals surface area contributed by atoms with Crippen LogP contribution in [0, 0.1) is 6.92 Å². The minimum atomic E-state index is -0.102. The van der Waals surface area contributed by atoms with Crippen molar-refractivity contribution in [1.82, 2.24) is 9.47 Å². The molecule has 0 N–H and O–H groups in total. The maximum absolute atomic E-state index is 12.3. The first-order valence-corrected chi connectivity index (χ1v) is 8.87. The summed E-state index contributed by atoms with van der Waals surface area (Å²) in [4.78, 5) is 25.9. The zero-order chi connectivity index (χ0) is 18.7. The van der Waals surface area contributed by atoms with Gasteiger partial charge in [-0.15, -0.1) is 0 Å². The highest BCUT2D eigenvalue weighted by molar-refractivity contribution is 6.30. The Balaban J connectivity index is 1.58. The summed E-state index contributed by atoms with van der Waals surface area (Å²) >= 11 is 5.85. The lowest BCUT2D eigenvalue weighted by Crippen LogP contribution is -2.29. The Bertz CT molecular complexity index is 887. The zero-order valence-electron chi connectivity index (χ0n) is 14.8. The first-order chi connectivity index (χ1) is 12.4. The molecular formula is C20H21ClN2O3. The fourth-order valence-electron chi connectivity index (χ4n) is 2.87. The fraction of sp³-hybridized carbons (Fsp3) is 0.300. The first-order valence-electron chi connectivity index (χ1n) is 8.49. The van der Waals surface area contributed by atoms with E-state index in [2.05, 4.69) is 0 Å². The number of hydrogen-bond acceptors (Lipinski definition) is 3. The van der Waals surface area contributed by atoms with Crippen LogP contribution < -0.4 is 10.3 Å². The van der Waals surface area contributed by atoms with Crippen molar-refractivity contribution in [3.63, 3.8) is 0 Å². The van der Waals surface area contributed by atoms with E-state index in [0.717, 1.165) is 17.7 Å². The van der Waals surface area contributed by atoms with Crippen LogP contribution in [-0.2, 0) is 11.8 Å². The number of benzene rings is 1. The highest BCUT2D eigenvalue weighted by Crippen LogP contribution is 2.19. The molecule has 1 amide bonds. The van der Waals surface area contributed by atoms with Gasteiger partial charge in [0.2, 0.25) is 5.91 Å². The lowest BCUT2D eigenvalue weighted by atomic mass is 10.2. The Morgan fingerprint density at radius 2 is 2.00 bits per heavy atom. The molecule has 1 atom stereocenters. The normalized spacial score (nSPS) is 17.0. The van der Waals surface area contributed by atoms with Gasteiger partial charge in [0.1, 0.15) is 11.9 Å². The van der Waals surface area contributed by atoms with Crippen molar-refractivity contribution in [3.8, 4) is 5.75 Å². The molecule has 1 aliphatic rings. The monoisotopic (exact) mass is 372 g/mol. The minimum absolute atomic E-state index is 0.0498. The summed E-state index contributed by atoms with van der Waals surface area (Å²) in [6, 6.07) is 10.6. The van der Waals surface area contributed by atoms with Gasteiger partial charge >= 0.3 is 0 Å². The molecule has 1 fully saturated rings. The largest absolute Gasteiger partial charge is 0.488 e. The Kier molecular flexibility index (Phi) is 5.47. The number of likely N-dealkylation sites (tertiary alicyclic amines) is 1. The Morgan fingerprint density at radius 1 is 1.27 bits per heavy atom. The molecule has 0 saturated carbocycles. The van der Waals surface area contributed by atoms with Crippen molar-refractivity contribution < 1.29 is 9.53 Å². The van der Waals surface area contributed by atoms with Crippen LogP contribution in [0.15, 0.2) is 47.3 Å². The molecule has 0 bridgehead atoms. The van der Waals surface area contributed by atoms with E-state index in [1.165, 1.54) is 6.07 Å². The SMILES string of the molecule is Cc1cc(OC2CCN(C(=O)/C=C/c3ccc(Cl)cc3)C2)cc(=O)n1C. The van der Waals surface area contributed by atoms with Crippen LogP contribution in [0.4, 0.5) is 0 Å². The molecule has 3 rings (SSSR count). The molecule has 5 nitrogen and oxygen atoms in total. The van der Waals surface area contributed by atoms with Crippen LogP contribution in [0.25, 0.3) is 6.08 Å². The van der Waals surface area contributed by atoms with Crippen molar-refractivity contribution >= 4 is 23.6 Å². The van der Waals surface area contributed by atoms with Crippen LogP contribution in [0.1, 0.15) is 17.7 Å². The third kappa shape index (κ3) is 4.35. The van der Waals surface area contributed by atoms with Crippen LogP contribution >= 0.6 is 11.6 Å². The fourth-order valence-corrected chi connectivity index (χ4v) is 2.99. The highest BCUT2D eigenvalue weighted by Gasteiger charge is 2.26. The first kappa shape index (κ1) is 18.3. The van der Waals surface area contributed by atoms with E-state index < -0.39 is 0 Å². The number of hydrogen-bond donors (Lipinski definition) is 0. The van der Waals surface area contributed by atoms with E-state index in [1.807, 2.05) is 25.1 Å². The number of rotatable bonds is 4. The molecule has 1 saturated heterocycles. The van der Waals surface area contributed by atoms with E-state index in [9.17, 15) is 9.59 Å². The third-order valence-corrected chi connectivity index (χ3v) is 4.78. The molecule has 1 aliphatic heterocycles. The maximum atomic E-state index is 12.3. The van der Waals surface area contributed by atoms with E-state index in [-0.39, 0.29) is 17.6 Å². The number of aromatic nitrogens is 1. The molecular weight excluding hydrogens is 352 g/mol. The molecule has 2 heterocycles. The predicted octanol–water partition coefficient (Wildman–Crippen LogP) is 3.04. The maximum Gasteiger partial charge on any atom is 0.254 e. The van der Waals surface area contributed by atoms with Gasteiger partial charge in [0, 0.05) is 42.9 Å². The van der Waals surface area contributed by atoms with Crippen molar-refractivity contribution in [1.29, 1.82) is 0 Å². The lowest BCUT2D eigenvalue weighted by Gasteiger charge is -2.16.